The molecular formula is C32H38Cl2F3N7O4S. The van der Waals surface area contributed by atoms with Crippen LogP contribution < -0.4 is 10.2 Å². The number of sulfonamides is 1. The molecule has 5 rings (SSSR count). The molecule has 2 aliphatic rings. The molecule has 4 heterocycles. The summed E-state index contributed by atoms with van der Waals surface area (Å²) in [4.78, 5) is 20.4. The lowest BCUT2D eigenvalue weighted by Gasteiger charge is -2.37. The quantitative estimate of drug-likeness (QED) is 0.294. The lowest BCUT2D eigenvalue weighted by Crippen LogP contribution is -2.49. The van der Waals surface area contributed by atoms with Crippen molar-refractivity contribution in [1.29, 1.82) is 0 Å². The summed E-state index contributed by atoms with van der Waals surface area (Å²) < 4.78 is 69.9. The predicted octanol–water partition coefficient (Wildman–Crippen LogP) is 4.35. The number of benzene rings is 1. The number of nitrogens with zero attached hydrogens (tertiary/aromatic N) is 6. The van der Waals surface area contributed by atoms with Gasteiger partial charge in [0.1, 0.15) is 0 Å². The zero-order chi connectivity index (χ0) is 35.7. The first kappa shape index (κ1) is 37.1. The van der Waals surface area contributed by atoms with Gasteiger partial charge in [-0.1, -0.05) is 34.8 Å². The second kappa shape index (κ2) is 15.0. The van der Waals surface area contributed by atoms with Crippen molar-refractivity contribution in [2.24, 2.45) is 0 Å². The molecule has 2 aliphatic heterocycles. The standard InChI is InChI=1S/C32H38Cl2F3N7O4S/c1-20(2)12-29(46)39-14-22-13-21(4-5-25(22)32(35,36)37)30-24-19-43(49(3,47)48)7-6-28(24)44(40-30)18-23(45)17-41-8-10-42(11-9-41)31-26(33)15-38-16-27(31)34/h4-5,12-13,15-16,23,45H,6-11,14,17-19H2,1-3H3,(H,39,46). The highest BCUT2D eigenvalue weighted by molar-refractivity contribution is 7.88. The maximum absolute atomic E-state index is 14.0. The van der Waals surface area contributed by atoms with Gasteiger partial charge in [-0.25, -0.2) is 8.42 Å². The summed E-state index contributed by atoms with van der Waals surface area (Å²) >= 11 is 12.7. The number of pyridine rings is 1. The second-order valence-corrected chi connectivity index (χ2v) is 15.3. The number of aliphatic hydroxyl groups excluding tert-OH is 1. The summed E-state index contributed by atoms with van der Waals surface area (Å²) in [7, 11) is -3.58. The molecule has 3 aromatic rings. The molecule has 1 aromatic carbocycles. The van der Waals surface area contributed by atoms with Gasteiger partial charge in [0.05, 0.1) is 45.9 Å². The van der Waals surface area contributed by atoms with Crippen LogP contribution >= 0.6 is 23.2 Å². The van der Waals surface area contributed by atoms with Crippen LogP contribution in [0.25, 0.3) is 11.3 Å². The van der Waals surface area contributed by atoms with E-state index in [0.29, 0.717) is 77.3 Å². The lowest BCUT2D eigenvalue weighted by molar-refractivity contribution is -0.138. The number of hydrogen-bond acceptors (Lipinski definition) is 8. The van der Waals surface area contributed by atoms with Crippen molar-refractivity contribution in [3.63, 3.8) is 0 Å². The Kier molecular flexibility index (Phi) is 11.3. The number of aliphatic hydroxyl groups is 1. The Bertz CT molecular complexity index is 1820. The zero-order valence-electron chi connectivity index (χ0n) is 27.3. The van der Waals surface area contributed by atoms with Gasteiger partial charge in [-0.15, -0.1) is 0 Å². The number of piperazine rings is 1. The van der Waals surface area contributed by atoms with E-state index in [0.717, 1.165) is 18.0 Å². The van der Waals surface area contributed by atoms with Crippen LogP contribution in [-0.4, -0.2) is 95.0 Å². The van der Waals surface area contributed by atoms with E-state index in [9.17, 15) is 31.5 Å². The number of aromatic nitrogens is 3. The topological polar surface area (TPSA) is 124 Å². The van der Waals surface area contributed by atoms with Crippen LogP contribution in [0, 0.1) is 0 Å². The molecule has 2 aromatic heterocycles. The summed E-state index contributed by atoms with van der Waals surface area (Å²) in [6, 6.07) is 3.57. The Labute approximate surface area is 293 Å². The van der Waals surface area contributed by atoms with E-state index in [-0.39, 0.29) is 31.7 Å². The van der Waals surface area contributed by atoms with E-state index in [4.69, 9.17) is 28.3 Å². The third kappa shape index (κ3) is 8.94. The fraction of sp³-hybridized carbons (Fsp3) is 0.469. The first-order chi connectivity index (χ1) is 23.0. The second-order valence-electron chi connectivity index (χ2n) is 12.5. The molecule has 266 valence electrons. The van der Waals surface area contributed by atoms with Gasteiger partial charge < -0.3 is 15.3 Å². The Morgan fingerprint density at radius 2 is 1.76 bits per heavy atom. The summed E-state index contributed by atoms with van der Waals surface area (Å²) in [5, 5.41) is 19.4. The van der Waals surface area contributed by atoms with E-state index in [1.54, 1.807) is 30.9 Å². The fourth-order valence-corrected chi connectivity index (χ4v) is 7.60. The number of rotatable bonds is 10. The molecule has 0 bridgehead atoms. The van der Waals surface area contributed by atoms with Crippen LogP contribution in [0.15, 0.2) is 42.2 Å². The van der Waals surface area contributed by atoms with E-state index in [1.807, 2.05) is 0 Å². The third-order valence-corrected chi connectivity index (χ3v) is 10.3. The summed E-state index contributed by atoms with van der Waals surface area (Å²) in [5.41, 5.74) is 2.28. The first-order valence-corrected chi connectivity index (χ1v) is 18.2. The van der Waals surface area contributed by atoms with Gasteiger partial charge in [0, 0.05) is 94.1 Å². The molecule has 11 nitrogen and oxygen atoms in total. The molecule has 0 aliphatic carbocycles. The SMILES string of the molecule is CC(C)=CC(=O)NCc1cc(-c2nn(CC(O)CN3CCN(c4c(Cl)cncc4Cl)CC3)c3c2CN(S(C)(=O)=O)CC3)ccc1C(F)(F)F. The number of carbonyl (C=O) groups excluding carboxylic acids is 1. The molecule has 0 saturated carbocycles. The van der Waals surface area contributed by atoms with Gasteiger partial charge in [-0.3, -0.25) is 19.4 Å². The number of alkyl halides is 3. The Morgan fingerprint density at radius 3 is 2.37 bits per heavy atom. The van der Waals surface area contributed by atoms with Crippen LogP contribution in [0.4, 0.5) is 18.9 Å². The number of nitrogens with one attached hydrogen (secondary N) is 1. The van der Waals surface area contributed by atoms with Crippen molar-refractivity contribution in [3.8, 4) is 11.3 Å². The number of hydrogen-bond donors (Lipinski definition) is 2. The number of β-amino-alcohol motifs (C(OH)–C–C–N with tert-alkyl or cyclic N) is 1. The summed E-state index contributed by atoms with van der Waals surface area (Å²) in [6.45, 7) is 6.16. The Hall–Kier alpha value is -3.21. The van der Waals surface area contributed by atoms with Gasteiger partial charge in [-0.2, -0.15) is 22.6 Å². The van der Waals surface area contributed by atoms with E-state index < -0.39 is 33.8 Å². The molecule has 1 fully saturated rings. The van der Waals surface area contributed by atoms with Crippen molar-refractivity contribution >= 4 is 44.8 Å². The molecule has 1 amide bonds. The molecule has 1 saturated heterocycles. The van der Waals surface area contributed by atoms with Crippen LogP contribution in [0.1, 0.15) is 36.2 Å². The van der Waals surface area contributed by atoms with Crippen molar-refractivity contribution in [1.82, 2.24) is 29.3 Å². The van der Waals surface area contributed by atoms with Gasteiger partial charge >= 0.3 is 6.18 Å². The average molecular weight is 745 g/mol. The van der Waals surface area contributed by atoms with Gasteiger partial charge in [0.2, 0.25) is 15.9 Å². The lowest BCUT2D eigenvalue weighted by atomic mass is 9.97. The molecule has 17 heteroatoms. The predicted molar refractivity (Wildman–Crippen MR) is 182 cm³/mol. The highest BCUT2D eigenvalue weighted by atomic mass is 35.5. The first-order valence-electron chi connectivity index (χ1n) is 15.6. The van der Waals surface area contributed by atoms with Crippen LogP contribution in [0.5, 0.6) is 0 Å². The van der Waals surface area contributed by atoms with Crippen molar-refractivity contribution < 1.29 is 31.5 Å². The van der Waals surface area contributed by atoms with Gasteiger partial charge in [0.15, 0.2) is 0 Å². The maximum atomic E-state index is 14.0. The normalized spacial score (nSPS) is 16.7. The summed E-state index contributed by atoms with van der Waals surface area (Å²) in [6.07, 6.45) is 0.274. The van der Waals surface area contributed by atoms with Crippen molar-refractivity contribution in [3.05, 3.63) is 74.7 Å². The van der Waals surface area contributed by atoms with E-state index >= 15 is 0 Å². The average Bonchev–Trinajstić information content (AvgIpc) is 3.36. The van der Waals surface area contributed by atoms with Crippen LogP contribution in [-0.2, 0) is 47.0 Å². The van der Waals surface area contributed by atoms with Crippen LogP contribution in [0.2, 0.25) is 10.0 Å². The Balaban J connectivity index is 1.39. The van der Waals surface area contributed by atoms with Gasteiger partial charge in [-0.05, 0) is 31.5 Å². The summed E-state index contributed by atoms with van der Waals surface area (Å²) in [5.74, 6) is -0.524. The molecule has 1 unspecified atom stereocenters. The minimum atomic E-state index is -4.67. The number of fused-ring (bicyclic) bond motifs is 1. The number of halogens is 5. The molecule has 0 spiro atoms. The highest BCUT2D eigenvalue weighted by Gasteiger charge is 2.35. The monoisotopic (exact) mass is 743 g/mol. The number of allylic oxidation sites excluding steroid dienone is 1. The minimum Gasteiger partial charge on any atom is -0.390 e. The number of carbonyl (C=O) groups is 1. The molecule has 2 N–H and O–H groups in total. The fourth-order valence-electron chi connectivity index (χ4n) is 6.21. The van der Waals surface area contributed by atoms with Crippen molar-refractivity contribution in [2.75, 3.05) is 50.4 Å². The number of amides is 1. The highest BCUT2D eigenvalue weighted by Crippen LogP contribution is 2.37. The minimum absolute atomic E-state index is 0.0185. The van der Waals surface area contributed by atoms with E-state index in [1.165, 1.54) is 22.5 Å². The molecule has 1 atom stereocenters. The largest absolute Gasteiger partial charge is 0.416 e. The van der Waals surface area contributed by atoms with E-state index in [2.05, 4.69) is 20.1 Å². The third-order valence-electron chi connectivity index (χ3n) is 8.49. The number of anilines is 1. The van der Waals surface area contributed by atoms with Crippen molar-refractivity contribution in [2.45, 2.75) is 52.2 Å². The molecule has 0 radical (unpaired) electrons. The molecular weight excluding hydrogens is 706 g/mol. The smallest absolute Gasteiger partial charge is 0.390 e. The van der Waals surface area contributed by atoms with Gasteiger partial charge in [0.25, 0.3) is 0 Å². The Morgan fingerprint density at radius 1 is 1.08 bits per heavy atom. The zero-order valence-corrected chi connectivity index (χ0v) is 29.6. The van der Waals surface area contributed by atoms with Crippen LogP contribution in [0.3, 0.4) is 0 Å². The molecule has 49 heavy (non-hydrogen) atoms. The maximum Gasteiger partial charge on any atom is 0.416 e.